The van der Waals surface area contributed by atoms with Crippen molar-refractivity contribution in [3.8, 4) is 0 Å². The fraction of sp³-hybridized carbons (Fsp3) is 0.929. The van der Waals surface area contributed by atoms with Crippen LogP contribution in [0.5, 0.6) is 0 Å². The molecule has 2 heteroatoms. The van der Waals surface area contributed by atoms with E-state index in [1.54, 1.807) is 0 Å². The van der Waals surface area contributed by atoms with E-state index in [-0.39, 0.29) is 0 Å². The fourth-order valence-corrected chi connectivity index (χ4v) is 1.91. The van der Waals surface area contributed by atoms with Crippen molar-refractivity contribution in [1.82, 2.24) is 5.32 Å². The second kappa shape index (κ2) is 8.74. The van der Waals surface area contributed by atoms with Gasteiger partial charge in [-0.1, -0.05) is 45.4 Å². The fourth-order valence-electron chi connectivity index (χ4n) is 1.91. The van der Waals surface area contributed by atoms with Crippen molar-refractivity contribution in [2.24, 2.45) is 0 Å². The highest BCUT2D eigenvalue weighted by Gasteiger charge is 2.20. The van der Waals surface area contributed by atoms with Crippen LogP contribution in [-0.4, -0.2) is 18.4 Å². The third kappa shape index (κ3) is 7.86. The number of hydrogen-bond donors (Lipinski definition) is 1. The molecule has 0 aromatic rings. The van der Waals surface area contributed by atoms with Gasteiger partial charge in [0.25, 0.3) is 0 Å². The van der Waals surface area contributed by atoms with Gasteiger partial charge in [0, 0.05) is 12.5 Å². The Morgan fingerprint density at radius 3 is 2.31 bits per heavy atom. The molecule has 94 valence electrons. The van der Waals surface area contributed by atoms with Crippen molar-refractivity contribution in [3.05, 3.63) is 0 Å². The minimum absolute atomic E-state index is 0.403. The van der Waals surface area contributed by atoms with Crippen LogP contribution in [0.4, 0.5) is 0 Å². The summed E-state index contributed by atoms with van der Waals surface area (Å²) < 4.78 is 0. The van der Waals surface area contributed by atoms with Crippen LogP contribution in [0, 0.1) is 0 Å². The van der Waals surface area contributed by atoms with Crippen LogP contribution in [0.1, 0.15) is 71.1 Å². The third-order valence-electron chi connectivity index (χ3n) is 3.22. The van der Waals surface area contributed by atoms with E-state index in [2.05, 4.69) is 12.2 Å². The molecule has 0 unspecified atom stereocenters. The van der Waals surface area contributed by atoms with Crippen LogP contribution in [-0.2, 0) is 4.79 Å². The number of Topliss-reactive ketones (excluding diaryl/α,β-unsaturated/α-hetero) is 1. The van der Waals surface area contributed by atoms with Crippen LogP contribution in [0.15, 0.2) is 0 Å². The molecule has 0 aliphatic heterocycles. The average molecular weight is 225 g/mol. The van der Waals surface area contributed by atoms with Gasteiger partial charge in [-0.05, 0) is 19.3 Å². The molecule has 1 rings (SSSR count). The molecule has 0 saturated heterocycles. The zero-order chi connectivity index (χ0) is 11.6. The third-order valence-corrected chi connectivity index (χ3v) is 3.22. The molecular weight excluding hydrogens is 198 g/mol. The Labute approximate surface area is 100 Å². The van der Waals surface area contributed by atoms with E-state index in [9.17, 15) is 4.79 Å². The highest BCUT2D eigenvalue weighted by Crippen LogP contribution is 2.18. The smallest absolute Gasteiger partial charge is 0.146 e. The first-order valence-electron chi connectivity index (χ1n) is 7.08. The van der Waals surface area contributed by atoms with E-state index >= 15 is 0 Å². The normalized spacial score (nSPS) is 15.3. The quantitative estimate of drug-likeness (QED) is 0.546. The predicted octanol–water partition coefficient (Wildman–Crippen LogP) is 3.45. The maximum atomic E-state index is 11.4. The van der Waals surface area contributed by atoms with Crippen molar-refractivity contribution < 1.29 is 4.79 Å². The Hall–Kier alpha value is -0.370. The number of carbonyl (C=O) groups is 1. The summed E-state index contributed by atoms with van der Waals surface area (Å²) >= 11 is 0. The van der Waals surface area contributed by atoms with Gasteiger partial charge in [0.05, 0.1) is 6.54 Å². The lowest BCUT2D eigenvalue weighted by Crippen LogP contribution is -2.24. The standard InChI is InChI=1S/C14H27NO/c1-2-3-4-5-6-7-8-9-14(16)12-15-13-10-11-13/h13,15H,2-12H2,1H3. The molecule has 0 heterocycles. The molecule has 0 aromatic carbocycles. The molecule has 2 nitrogen and oxygen atoms in total. The van der Waals surface area contributed by atoms with E-state index < -0.39 is 0 Å². The molecule has 0 spiro atoms. The molecule has 16 heavy (non-hydrogen) atoms. The lowest BCUT2D eigenvalue weighted by Gasteiger charge is -2.02. The highest BCUT2D eigenvalue weighted by atomic mass is 16.1. The number of carbonyl (C=O) groups excluding carboxylic acids is 1. The molecule has 0 amide bonds. The summed E-state index contributed by atoms with van der Waals surface area (Å²) in [6.07, 6.45) is 12.4. The molecule has 1 N–H and O–H groups in total. The largest absolute Gasteiger partial charge is 0.307 e. The van der Waals surface area contributed by atoms with Crippen LogP contribution >= 0.6 is 0 Å². The number of nitrogens with one attached hydrogen (secondary N) is 1. The number of hydrogen-bond acceptors (Lipinski definition) is 2. The first-order chi connectivity index (χ1) is 7.83. The van der Waals surface area contributed by atoms with Crippen molar-refractivity contribution in [2.45, 2.75) is 77.2 Å². The van der Waals surface area contributed by atoms with Gasteiger partial charge in [-0.3, -0.25) is 4.79 Å². The predicted molar refractivity (Wildman–Crippen MR) is 68.6 cm³/mol. The van der Waals surface area contributed by atoms with E-state index in [0.29, 0.717) is 18.4 Å². The topological polar surface area (TPSA) is 29.1 Å². The second-order valence-electron chi connectivity index (χ2n) is 5.07. The van der Waals surface area contributed by atoms with Gasteiger partial charge in [0.15, 0.2) is 0 Å². The van der Waals surface area contributed by atoms with Crippen molar-refractivity contribution in [2.75, 3.05) is 6.54 Å². The average Bonchev–Trinajstić information content (AvgIpc) is 3.09. The molecule has 1 fully saturated rings. The van der Waals surface area contributed by atoms with Crippen LogP contribution in [0.25, 0.3) is 0 Å². The van der Waals surface area contributed by atoms with Crippen molar-refractivity contribution in [3.63, 3.8) is 0 Å². The zero-order valence-electron chi connectivity index (χ0n) is 10.8. The SMILES string of the molecule is CCCCCCCCCC(=O)CNC1CC1. The number of ketones is 1. The number of unbranched alkanes of at least 4 members (excludes halogenated alkanes) is 6. The molecule has 0 atom stereocenters. The van der Waals surface area contributed by atoms with Gasteiger partial charge < -0.3 is 5.32 Å². The molecule has 0 radical (unpaired) electrons. The Balaban J connectivity index is 1.76. The van der Waals surface area contributed by atoms with Gasteiger partial charge in [-0.2, -0.15) is 0 Å². The zero-order valence-corrected chi connectivity index (χ0v) is 10.8. The summed E-state index contributed by atoms with van der Waals surface area (Å²) in [7, 11) is 0. The van der Waals surface area contributed by atoms with E-state index in [1.807, 2.05) is 0 Å². The lowest BCUT2D eigenvalue weighted by atomic mass is 10.1. The van der Waals surface area contributed by atoms with Gasteiger partial charge >= 0.3 is 0 Å². The first-order valence-corrected chi connectivity index (χ1v) is 7.08. The summed E-state index contributed by atoms with van der Waals surface area (Å²) in [5.74, 6) is 0.403. The summed E-state index contributed by atoms with van der Waals surface area (Å²) in [5.41, 5.74) is 0. The van der Waals surface area contributed by atoms with Crippen molar-refractivity contribution in [1.29, 1.82) is 0 Å². The second-order valence-corrected chi connectivity index (χ2v) is 5.07. The molecule has 0 bridgehead atoms. The molecule has 0 aromatic heterocycles. The van der Waals surface area contributed by atoms with Gasteiger partial charge in [0.2, 0.25) is 0 Å². The van der Waals surface area contributed by atoms with E-state index in [0.717, 1.165) is 12.8 Å². The minimum Gasteiger partial charge on any atom is -0.307 e. The Bertz CT molecular complexity index is 187. The Morgan fingerprint density at radius 1 is 1.06 bits per heavy atom. The van der Waals surface area contributed by atoms with Crippen LogP contribution in [0.3, 0.4) is 0 Å². The first kappa shape index (κ1) is 13.7. The monoisotopic (exact) mass is 225 g/mol. The van der Waals surface area contributed by atoms with Gasteiger partial charge in [-0.15, -0.1) is 0 Å². The maximum absolute atomic E-state index is 11.4. The summed E-state index contributed by atoms with van der Waals surface area (Å²) in [5, 5.41) is 3.28. The molecule has 1 aliphatic carbocycles. The maximum Gasteiger partial charge on any atom is 0.146 e. The minimum atomic E-state index is 0.403. The van der Waals surface area contributed by atoms with Gasteiger partial charge in [0.1, 0.15) is 5.78 Å². The summed E-state index contributed by atoms with van der Waals surface area (Å²) in [6, 6.07) is 0.665. The van der Waals surface area contributed by atoms with Crippen molar-refractivity contribution >= 4 is 5.78 Å². The van der Waals surface area contributed by atoms with E-state index in [1.165, 1.54) is 51.4 Å². The number of rotatable bonds is 11. The summed E-state index contributed by atoms with van der Waals surface area (Å²) in [4.78, 5) is 11.4. The Morgan fingerprint density at radius 2 is 1.69 bits per heavy atom. The van der Waals surface area contributed by atoms with Crippen LogP contribution < -0.4 is 5.32 Å². The van der Waals surface area contributed by atoms with Crippen LogP contribution in [0.2, 0.25) is 0 Å². The summed E-state index contributed by atoms with van der Waals surface area (Å²) in [6.45, 7) is 2.85. The lowest BCUT2D eigenvalue weighted by molar-refractivity contribution is -0.118. The van der Waals surface area contributed by atoms with Gasteiger partial charge in [-0.25, -0.2) is 0 Å². The molecular formula is C14H27NO. The molecule has 1 aliphatic rings. The molecule has 1 saturated carbocycles. The van der Waals surface area contributed by atoms with E-state index in [4.69, 9.17) is 0 Å². The highest BCUT2D eigenvalue weighted by molar-refractivity contribution is 5.80. The Kier molecular flexibility index (Phi) is 7.48.